The molecule has 4 heterocycles. The molecule has 0 bridgehead atoms. The monoisotopic (exact) mass is 821 g/mol. The Hall–Kier alpha value is -5.38. The predicted octanol–water partition coefficient (Wildman–Crippen LogP) is -4.04. The smallest absolute Gasteiger partial charge is 0.326 e. The van der Waals surface area contributed by atoms with E-state index in [0.717, 1.165) is 0 Å². The van der Waals surface area contributed by atoms with Crippen molar-refractivity contribution in [2.24, 2.45) is 11.5 Å². The summed E-state index contributed by atoms with van der Waals surface area (Å²) < 4.78 is 0. The number of rotatable bonds is 17. The number of carbonyl (C=O) groups excluding carboxylic acids is 8. The normalized spacial score (nSPS) is 24.3. The van der Waals surface area contributed by atoms with Crippen LogP contribution in [-0.2, 0) is 47.9 Å². The van der Waals surface area contributed by atoms with Crippen molar-refractivity contribution in [1.82, 2.24) is 35.6 Å². The number of likely N-dealkylation sites (tertiary alicyclic amines) is 4. The van der Waals surface area contributed by atoms with Crippen LogP contribution in [0.5, 0.6) is 0 Å². The minimum atomic E-state index is -1.60. The van der Waals surface area contributed by atoms with Crippen LogP contribution in [0.4, 0.5) is 0 Å². The Morgan fingerprint density at radius 3 is 1.52 bits per heavy atom. The van der Waals surface area contributed by atoms with Crippen LogP contribution in [0, 0.1) is 0 Å². The van der Waals surface area contributed by atoms with Gasteiger partial charge in [-0.15, -0.1) is 0 Å². The maximum absolute atomic E-state index is 14.2. The van der Waals surface area contributed by atoms with E-state index in [0.29, 0.717) is 38.5 Å². The summed E-state index contributed by atoms with van der Waals surface area (Å²) >= 11 is 0. The third kappa shape index (κ3) is 10.8. The van der Waals surface area contributed by atoms with Gasteiger partial charge in [0.2, 0.25) is 47.3 Å². The van der Waals surface area contributed by atoms with Crippen LogP contribution in [0.3, 0.4) is 0 Å². The predicted molar refractivity (Wildman–Crippen MR) is 198 cm³/mol. The van der Waals surface area contributed by atoms with Gasteiger partial charge in [-0.25, -0.2) is 4.79 Å². The molecule has 58 heavy (non-hydrogen) atoms. The van der Waals surface area contributed by atoms with Crippen LogP contribution in [-0.4, -0.2) is 175 Å². The standard InChI is InChI=1S/C36H55N9O13/c1-18(29(50)41-21(36(57)58)17-26(37)47)39-30(51)22-7-3-13-42(22)33(54)24-9-5-15-44(24)35(56)25-10-6-16-45(25)34(55)23-8-4-14-43(23)32(53)20(11-12-27(48)49)40-31(52)28(38)19(2)46/h18-25,28,46H,3-17,38H2,1-2H3,(H2,37,47)(H,39,51)(H,40,52)(H,41,50)(H,48,49)(H,57,58)/t18-,19+,20-,21-,22-,23-,24-,25-,28-/m0/s1. The molecular weight excluding hydrogens is 766 g/mol. The Morgan fingerprint density at radius 2 is 1.07 bits per heavy atom. The van der Waals surface area contributed by atoms with Gasteiger partial charge in [0.1, 0.15) is 48.3 Å². The highest BCUT2D eigenvalue weighted by Gasteiger charge is 2.48. The van der Waals surface area contributed by atoms with E-state index >= 15 is 0 Å². The molecule has 0 radical (unpaired) electrons. The molecule has 10 N–H and O–H groups in total. The summed E-state index contributed by atoms with van der Waals surface area (Å²) in [5.41, 5.74) is 10.8. The maximum Gasteiger partial charge on any atom is 0.326 e. The molecule has 4 rings (SSSR count). The molecule has 322 valence electrons. The van der Waals surface area contributed by atoms with Gasteiger partial charge in [0.15, 0.2) is 0 Å². The zero-order valence-corrected chi connectivity index (χ0v) is 32.7. The van der Waals surface area contributed by atoms with Gasteiger partial charge in [0.05, 0.1) is 12.5 Å². The molecule has 0 aromatic heterocycles. The maximum atomic E-state index is 14.2. The van der Waals surface area contributed by atoms with Crippen molar-refractivity contribution in [2.45, 2.75) is 139 Å². The van der Waals surface area contributed by atoms with Gasteiger partial charge in [0, 0.05) is 32.6 Å². The second-order valence-electron chi connectivity index (χ2n) is 15.3. The molecule has 0 unspecified atom stereocenters. The summed E-state index contributed by atoms with van der Waals surface area (Å²) in [5.74, 6) is -8.18. The van der Waals surface area contributed by atoms with Crippen LogP contribution in [0.15, 0.2) is 0 Å². The lowest BCUT2D eigenvalue weighted by Gasteiger charge is -2.36. The second-order valence-corrected chi connectivity index (χ2v) is 15.3. The van der Waals surface area contributed by atoms with Gasteiger partial charge in [-0.1, -0.05) is 0 Å². The number of nitrogens with zero attached hydrogens (tertiary/aromatic N) is 4. The molecule has 4 aliphatic heterocycles. The quantitative estimate of drug-likeness (QED) is 0.0693. The number of aliphatic hydroxyl groups excluding tert-OH is 1. The summed E-state index contributed by atoms with van der Waals surface area (Å²) in [6.07, 6.45) is 0.284. The first-order valence-electron chi connectivity index (χ1n) is 19.6. The fourth-order valence-corrected chi connectivity index (χ4v) is 8.02. The van der Waals surface area contributed by atoms with E-state index in [4.69, 9.17) is 11.5 Å². The van der Waals surface area contributed by atoms with Crippen molar-refractivity contribution < 1.29 is 63.3 Å². The lowest BCUT2D eigenvalue weighted by Crippen LogP contribution is -2.59. The number of aliphatic hydroxyl groups is 1. The summed E-state index contributed by atoms with van der Waals surface area (Å²) in [4.78, 5) is 134. The van der Waals surface area contributed by atoms with Crippen molar-refractivity contribution in [3.8, 4) is 0 Å². The molecule has 22 nitrogen and oxygen atoms in total. The number of aliphatic carboxylic acids is 2. The van der Waals surface area contributed by atoms with Gasteiger partial charge in [-0.2, -0.15) is 0 Å². The summed E-state index contributed by atoms with van der Waals surface area (Å²) in [6, 6.07) is -9.42. The van der Waals surface area contributed by atoms with Gasteiger partial charge in [-0.3, -0.25) is 43.2 Å². The van der Waals surface area contributed by atoms with Crippen LogP contribution in [0.2, 0.25) is 0 Å². The first-order valence-corrected chi connectivity index (χ1v) is 19.6. The molecular formula is C36H55N9O13. The van der Waals surface area contributed by atoms with E-state index < -0.39 is 126 Å². The van der Waals surface area contributed by atoms with Crippen molar-refractivity contribution in [3.05, 3.63) is 0 Å². The molecule has 9 atom stereocenters. The fraction of sp³-hybridized carbons (Fsp3) is 0.722. The Kier molecular flexibility index (Phi) is 15.5. The van der Waals surface area contributed by atoms with E-state index in [2.05, 4.69) is 16.0 Å². The number of carboxylic acid groups (broad SMARTS) is 2. The zero-order chi connectivity index (χ0) is 43.0. The van der Waals surface area contributed by atoms with Crippen LogP contribution in [0.25, 0.3) is 0 Å². The van der Waals surface area contributed by atoms with Crippen LogP contribution >= 0.6 is 0 Å². The largest absolute Gasteiger partial charge is 0.481 e. The first kappa shape index (κ1) is 45.3. The first-order chi connectivity index (χ1) is 27.3. The Balaban J connectivity index is 1.42. The van der Waals surface area contributed by atoms with Crippen molar-refractivity contribution in [1.29, 1.82) is 0 Å². The number of primary amides is 1. The van der Waals surface area contributed by atoms with Gasteiger partial charge >= 0.3 is 11.9 Å². The summed E-state index contributed by atoms with van der Waals surface area (Å²) in [6.45, 7) is 3.37. The van der Waals surface area contributed by atoms with Crippen LogP contribution in [0.1, 0.15) is 84.5 Å². The molecule has 22 heteroatoms. The Morgan fingerprint density at radius 1 is 0.638 bits per heavy atom. The summed E-state index contributed by atoms with van der Waals surface area (Å²) in [7, 11) is 0. The van der Waals surface area contributed by atoms with E-state index in [1.807, 2.05) is 0 Å². The lowest BCUT2D eigenvalue weighted by atomic mass is 10.1. The number of nitrogens with two attached hydrogens (primary N) is 2. The van der Waals surface area contributed by atoms with Crippen molar-refractivity contribution in [3.63, 3.8) is 0 Å². The topological polar surface area (TPSA) is 332 Å². The van der Waals surface area contributed by atoms with Crippen LogP contribution < -0.4 is 27.4 Å². The highest BCUT2D eigenvalue weighted by Crippen LogP contribution is 2.31. The molecule has 0 aromatic carbocycles. The number of nitrogens with one attached hydrogen (secondary N) is 3. The molecule has 0 spiro atoms. The van der Waals surface area contributed by atoms with Gasteiger partial charge in [0.25, 0.3) is 0 Å². The minimum absolute atomic E-state index is 0.137. The third-order valence-electron chi connectivity index (χ3n) is 11.2. The van der Waals surface area contributed by atoms with Crippen molar-refractivity contribution in [2.75, 3.05) is 26.2 Å². The molecule has 4 saturated heterocycles. The molecule has 0 aromatic rings. The minimum Gasteiger partial charge on any atom is -0.481 e. The fourth-order valence-electron chi connectivity index (χ4n) is 8.02. The number of carboxylic acids is 2. The second kappa shape index (κ2) is 19.9. The highest BCUT2D eigenvalue weighted by molar-refractivity contribution is 5.98. The van der Waals surface area contributed by atoms with Gasteiger partial charge in [-0.05, 0) is 71.6 Å². The lowest BCUT2D eigenvalue weighted by molar-refractivity contribution is -0.153. The average Bonchev–Trinajstić information content (AvgIpc) is 4.01. The number of carbonyl (C=O) groups is 10. The number of hydrogen-bond donors (Lipinski definition) is 8. The van der Waals surface area contributed by atoms with Gasteiger partial charge < -0.3 is 62.3 Å². The van der Waals surface area contributed by atoms with E-state index in [1.165, 1.54) is 33.4 Å². The number of amides is 8. The van der Waals surface area contributed by atoms with E-state index in [1.54, 1.807) is 0 Å². The summed E-state index contributed by atoms with van der Waals surface area (Å²) in [5, 5.41) is 35.4. The van der Waals surface area contributed by atoms with E-state index in [9.17, 15) is 63.3 Å². The zero-order valence-electron chi connectivity index (χ0n) is 32.7. The number of hydrogen-bond acceptors (Lipinski definition) is 12. The van der Waals surface area contributed by atoms with Crippen molar-refractivity contribution >= 4 is 59.2 Å². The molecule has 0 saturated carbocycles. The molecule has 4 fully saturated rings. The highest BCUT2D eigenvalue weighted by atomic mass is 16.4. The third-order valence-corrected chi connectivity index (χ3v) is 11.2. The average molecular weight is 822 g/mol. The van der Waals surface area contributed by atoms with E-state index in [-0.39, 0.29) is 45.4 Å². The molecule has 8 amide bonds. The SMILES string of the molecule is C[C@H](NC(=O)[C@@H]1CCCN1C(=O)[C@@H]1CCCN1C(=O)[C@@H]1CCCN1C(=O)[C@@H]1CCCN1C(=O)[C@H](CCC(=O)O)NC(=O)[C@@H](N)[C@@H](C)O)C(=O)N[C@@H](CC(N)=O)C(=O)O. The Labute approximate surface area is 334 Å². The molecule has 4 aliphatic rings. The molecule has 0 aliphatic carbocycles. The Bertz CT molecular complexity index is 1640.